The van der Waals surface area contributed by atoms with Gasteiger partial charge in [-0.3, -0.25) is 4.98 Å². The van der Waals surface area contributed by atoms with Gasteiger partial charge >= 0.3 is 0 Å². The molecule has 0 fully saturated rings. The molecule has 2 nitrogen and oxygen atoms in total. The molecule has 30 heavy (non-hydrogen) atoms. The van der Waals surface area contributed by atoms with Crippen LogP contribution in [-0.2, 0) is 6.42 Å². The maximum absolute atomic E-state index is 14.7. The number of aromatic nitrogens is 1. The number of allylic oxidation sites excluding steroid dienone is 2. The smallest absolute Gasteiger partial charge is 0.131 e. The second-order valence-corrected chi connectivity index (χ2v) is 7.54. The summed E-state index contributed by atoms with van der Waals surface area (Å²) in [6, 6.07) is 17.3. The van der Waals surface area contributed by atoms with Crippen LogP contribution in [-0.4, -0.2) is 16.2 Å². The highest BCUT2D eigenvalue weighted by molar-refractivity contribution is 5.68. The Hall–Kier alpha value is -3.04. The van der Waals surface area contributed by atoms with Crippen molar-refractivity contribution in [3.63, 3.8) is 0 Å². The fourth-order valence-corrected chi connectivity index (χ4v) is 3.32. The Morgan fingerprint density at radius 2 is 1.83 bits per heavy atom. The van der Waals surface area contributed by atoms with Gasteiger partial charge in [0.15, 0.2) is 0 Å². The first-order valence-corrected chi connectivity index (χ1v) is 10.4. The Kier molecular flexibility index (Phi) is 7.69. The molecule has 0 bridgehead atoms. The predicted octanol–water partition coefficient (Wildman–Crippen LogP) is 6.85. The van der Waals surface area contributed by atoms with Crippen molar-refractivity contribution in [1.82, 2.24) is 4.98 Å². The SMILES string of the molecule is C=CCc1ccc(-c2ccc(-c3ccc(C=CCCCC(C)O)cc3F)cn2)cc1. The van der Waals surface area contributed by atoms with Gasteiger partial charge in [0.1, 0.15) is 5.82 Å². The molecule has 0 aliphatic carbocycles. The number of hydrogen-bond acceptors (Lipinski definition) is 2. The van der Waals surface area contributed by atoms with Crippen molar-refractivity contribution in [3.05, 3.63) is 96.5 Å². The van der Waals surface area contributed by atoms with E-state index in [1.165, 1.54) is 5.56 Å². The van der Waals surface area contributed by atoms with Crippen LogP contribution in [0.2, 0.25) is 0 Å². The minimum absolute atomic E-state index is 0.260. The van der Waals surface area contributed by atoms with Crippen LogP contribution in [0.3, 0.4) is 0 Å². The van der Waals surface area contributed by atoms with E-state index in [4.69, 9.17) is 0 Å². The zero-order valence-corrected chi connectivity index (χ0v) is 17.4. The lowest BCUT2D eigenvalue weighted by Crippen LogP contribution is -1.97. The third kappa shape index (κ3) is 5.98. The Bertz CT molecular complexity index is 988. The molecule has 2 aromatic carbocycles. The second kappa shape index (κ2) is 10.7. The molecule has 154 valence electrons. The summed E-state index contributed by atoms with van der Waals surface area (Å²) >= 11 is 0. The van der Waals surface area contributed by atoms with Crippen LogP contribution in [0.25, 0.3) is 28.5 Å². The van der Waals surface area contributed by atoms with Gasteiger partial charge in [-0.2, -0.15) is 0 Å². The third-order valence-corrected chi connectivity index (χ3v) is 5.00. The summed E-state index contributed by atoms with van der Waals surface area (Å²) < 4.78 is 14.7. The lowest BCUT2D eigenvalue weighted by molar-refractivity contribution is 0.182. The minimum atomic E-state index is -0.272. The predicted molar refractivity (Wildman–Crippen MR) is 124 cm³/mol. The molecule has 3 aromatic rings. The standard InChI is InChI=1S/C27H28FNO/c1-3-7-21-10-13-23(14-11-21)27-17-15-24(19-29-27)25-16-12-22(18-26(25)28)9-6-4-5-8-20(2)30/h3,6,9-20,30H,1,4-5,7-8H2,2H3. The molecule has 0 radical (unpaired) electrons. The molecule has 1 N–H and O–H groups in total. The van der Waals surface area contributed by atoms with Gasteiger partial charge in [-0.25, -0.2) is 4.39 Å². The molecule has 0 saturated carbocycles. The quantitative estimate of drug-likeness (QED) is 0.314. The fraction of sp³-hybridized carbons (Fsp3) is 0.222. The number of nitrogens with zero attached hydrogens (tertiary/aromatic N) is 1. The molecule has 1 aromatic heterocycles. The lowest BCUT2D eigenvalue weighted by Gasteiger charge is -2.07. The number of rotatable bonds is 9. The number of pyridine rings is 1. The minimum Gasteiger partial charge on any atom is -0.393 e. The fourth-order valence-electron chi connectivity index (χ4n) is 3.32. The van der Waals surface area contributed by atoms with Crippen LogP contribution in [0, 0.1) is 5.82 Å². The molecule has 0 spiro atoms. The highest BCUT2D eigenvalue weighted by atomic mass is 19.1. The van der Waals surface area contributed by atoms with Crippen molar-refractivity contribution < 1.29 is 9.50 Å². The van der Waals surface area contributed by atoms with Gasteiger partial charge in [0.2, 0.25) is 0 Å². The summed E-state index contributed by atoms with van der Waals surface area (Å²) in [6.45, 7) is 5.55. The summed E-state index contributed by atoms with van der Waals surface area (Å²) in [6.07, 6.45) is 10.7. The number of aliphatic hydroxyl groups excluding tert-OH is 1. The normalized spacial score (nSPS) is 12.2. The summed E-state index contributed by atoms with van der Waals surface area (Å²) in [5, 5.41) is 9.27. The van der Waals surface area contributed by atoms with Crippen molar-refractivity contribution >= 4 is 6.08 Å². The Balaban J connectivity index is 1.68. The van der Waals surface area contributed by atoms with E-state index in [0.717, 1.165) is 48.1 Å². The first-order valence-electron chi connectivity index (χ1n) is 10.4. The molecule has 3 rings (SSSR count). The Labute approximate surface area is 178 Å². The number of halogens is 1. The summed E-state index contributed by atoms with van der Waals surface area (Å²) in [4.78, 5) is 4.53. The molecular weight excluding hydrogens is 373 g/mol. The van der Waals surface area contributed by atoms with Crippen molar-refractivity contribution in [1.29, 1.82) is 0 Å². The van der Waals surface area contributed by atoms with Crippen LogP contribution >= 0.6 is 0 Å². The van der Waals surface area contributed by atoms with Crippen LogP contribution < -0.4 is 0 Å². The van der Waals surface area contributed by atoms with Gasteiger partial charge in [-0.15, -0.1) is 6.58 Å². The maximum atomic E-state index is 14.7. The number of hydrogen-bond donors (Lipinski definition) is 1. The molecule has 0 amide bonds. The van der Waals surface area contributed by atoms with E-state index in [2.05, 4.69) is 23.7 Å². The Morgan fingerprint density at radius 1 is 1.07 bits per heavy atom. The van der Waals surface area contributed by atoms with E-state index >= 15 is 0 Å². The van der Waals surface area contributed by atoms with Gasteiger partial charge < -0.3 is 5.11 Å². The highest BCUT2D eigenvalue weighted by Gasteiger charge is 2.07. The van der Waals surface area contributed by atoms with Crippen molar-refractivity contribution in [3.8, 4) is 22.4 Å². The van der Waals surface area contributed by atoms with Gasteiger partial charge in [0.25, 0.3) is 0 Å². The monoisotopic (exact) mass is 401 g/mol. The van der Waals surface area contributed by atoms with Crippen molar-refractivity contribution in [2.45, 2.75) is 38.7 Å². The largest absolute Gasteiger partial charge is 0.393 e. The van der Waals surface area contributed by atoms with E-state index in [9.17, 15) is 9.50 Å². The molecule has 0 saturated heterocycles. The summed E-state index contributed by atoms with van der Waals surface area (Å²) in [7, 11) is 0. The van der Waals surface area contributed by atoms with E-state index < -0.39 is 0 Å². The van der Waals surface area contributed by atoms with E-state index in [0.29, 0.717) is 5.56 Å². The van der Waals surface area contributed by atoms with E-state index in [1.807, 2.05) is 48.6 Å². The molecule has 1 heterocycles. The first-order chi connectivity index (χ1) is 14.6. The average molecular weight is 402 g/mol. The highest BCUT2D eigenvalue weighted by Crippen LogP contribution is 2.26. The molecule has 1 atom stereocenters. The number of aliphatic hydroxyl groups is 1. The molecule has 0 aliphatic rings. The summed E-state index contributed by atoms with van der Waals surface area (Å²) in [5.74, 6) is -0.260. The van der Waals surface area contributed by atoms with Gasteiger partial charge in [0.05, 0.1) is 11.8 Å². The zero-order chi connectivity index (χ0) is 21.3. The topological polar surface area (TPSA) is 33.1 Å². The van der Waals surface area contributed by atoms with Crippen LogP contribution in [0.15, 0.2) is 79.5 Å². The van der Waals surface area contributed by atoms with Crippen LogP contribution in [0.4, 0.5) is 4.39 Å². The molecule has 3 heteroatoms. The Morgan fingerprint density at radius 3 is 2.47 bits per heavy atom. The average Bonchev–Trinajstić information content (AvgIpc) is 2.74. The van der Waals surface area contributed by atoms with Crippen LogP contribution in [0.1, 0.15) is 37.3 Å². The maximum Gasteiger partial charge on any atom is 0.131 e. The lowest BCUT2D eigenvalue weighted by atomic mass is 10.0. The second-order valence-electron chi connectivity index (χ2n) is 7.54. The van der Waals surface area contributed by atoms with Gasteiger partial charge in [-0.05, 0) is 55.9 Å². The first kappa shape index (κ1) is 21.7. The number of unbranched alkanes of at least 4 members (excludes halogenated alkanes) is 1. The molecule has 1 unspecified atom stereocenters. The van der Waals surface area contributed by atoms with E-state index in [-0.39, 0.29) is 11.9 Å². The molecular formula is C27H28FNO. The number of benzene rings is 2. The van der Waals surface area contributed by atoms with Gasteiger partial charge in [0, 0.05) is 22.9 Å². The zero-order valence-electron chi connectivity index (χ0n) is 17.4. The van der Waals surface area contributed by atoms with E-state index in [1.54, 1.807) is 25.3 Å². The van der Waals surface area contributed by atoms with Crippen LogP contribution in [0.5, 0.6) is 0 Å². The molecule has 0 aliphatic heterocycles. The summed E-state index contributed by atoms with van der Waals surface area (Å²) in [5.41, 5.74) is 5.24. The van der Waals surface area contributed by atoms with Gasteiger partial charge in [-0.1, -0.05) is 60.7 Å². The van der Waals surface area contributed by atoms with Crippen molar-refractivity contribution in [2.24, 2.45) is 0 Å². The third-order valence-electron chi connectivity index (χ3n) is 5.00. The van der Waals surface area contributed by atoms with Crippen molar-refractivity contribution in [2.75, 3.05) is 0 Å².